The molecule has 0 radical (unpaired) electrons. The van der Waals surface area contributed by atoms with Gasteiger partial charge in [0.05, 0.1) is 17.3 Å². The number of benzene rings is 1. The second kappa shape index (κ2) is 4.33. The van der Waals surface area contributed by atoms with Gasteiger partial charge < -0.3 is 15.3 Å². The van der Waals surface area contributed by atoms with Crippen molar-refractivity contribution in [3.8, 4) is 0 Å². The Morgan fingerprint density at radius 1 is 0.947 bits per heavy atom. The number of carboxylic acid groups (broad SMARTS) is 3. The molecule has 1 aromatic carbocycles. The van der Waals surface area contributed by atoms with Crippen LogP contribution in [0.25, 0.3) is 11.0 Å². The minimum atomic E-state index is -1.47. The number of aromatic carboxylic acids is 3. The van der Waals surface area contributed by atoms with E-state index in [1.807, 2.05) is 0 Å². The number of hydrogen-bond acceptors (Lipinski definition) is 5. The largest absolute Gasteiger partial charge is 0.478 e. The van der Waals surface area contributed by atoms with Crippen LogP contribution in [0, 0.1) is 0 Å². The van der Waals surface area contributed by atoms with Crippen molar-refractivity contribution in [1.29, 1.82) is 0 Å². The summed E-state index contributed by atoms with van der Waals surface area (Å²) in [6, 6.07) is 2.26. The van der Waals surface area contributed by atoms with Crippen molar-refractivity contribution in [3.63, 3.8) is 0 Å². The first kappa shape index (κ1) is 12.4. The van der Waals surface area contributed by atoms with Gasteiger partial charge in [-0.2, -0.15) is 0 Å². The van der Waals surface area contributed by atoms with Crippen LogP contribution < -0.4 is 0 Å². The molecule has 8 nitrogen and oxygen atoms in total. The van der Waals surface area contributed by atoms with Crippen molar-refractivity contribution in [2.75, 3.05) is 0 Å². The average molecular weight is 262 g/mol. The van der Waals surface area contributed by atoms with Gasteiger partial charge >= 0.3 is 17.9 Å². The normalized spacial score (nSPS) is 10.3. The summed E-state index contributed by atoms with van der Waals surface area (Å²) in [5.41, 5.74) is -1.47. The molecule has 2 aromatic rings. The lowest BCUT2D eigenvalue weighted by Crippen LogP contribution is -2.11. The quantitative estimate of drug-likeness (QED) is 0.735. The Kier molecular flexibility index (Phi) is 2.83. The Bertz CT molecular complexity index is 724. The van der Waals surface area contributed by atoms with Gasteiger partial charge in [0.25, 0.3) is 0 Å². The average Bonchev–Trinajstić information content (AvgIpc) is 2.35. The number of carboxylic acids is 3. The predicted molar refractivity (Wildman–Crippen MR) is 60.4 cm³/mol. The molecule has 0 aliphatic heterocycles. The van der Waals surface area contributed by atoms with Crippen LogP contribution in [0.15, 0.2) is 18.3 Å². The maximum atomic E-state index is 11.1. The molecule has 0 unspecified atom stereocenters. The van der Waals surface area contributed by atoms with E-state index in [9.17, 15) is 14.4 Å². The molecule has 3 N–H and O–H groups in total. The summed E-state index contributed by atoms with van der Waals surface area (Å²) in [6.07, 6.45) is 0.878. The maximum absolute atomic E-state index is 11.1. The molecule has 0 aliphatic rings. The van der Waals surface area contributed by atoms with E-state index < -0.39 is 29.0 Å². The Morgan fingerprint density at radius 2 is 1.63 bits per heavy atom. The third-order valence-corrected chi connectivity index (χ3v) is 2.38. The first-order valence-corrected chi connectivity index (χ1v) is 4.91. The topological polar surface area (TPSA) is 138 Å². The van der Waals surface area contributed by atoms with Gasteiger partial charge in [0.15, 0.2) is 5.69 Å². The van der Waals surface area contributed by atoms with E-state index in [4.69, 9.17) is 15.3 Å². The SMILES string of the molecule is O=C(O)c1cnc2c(C(=O)O)c(C(=O)O)ccc2n1. The number of hydrogen-bond donors (Lipinski definition) is 3. The van der Waals surface area contributed by atoms with Crippen LogP contribution in [0.2, 0.25) is 0 Å². The van der Waals surface area contributed by atoms with E-state index in [0.717, 1.165) is 12.3 Å². The van der Waals surface area contributed by atoms with Gasteiger partial charge in [-0.15, -0.1) is 0 Å². The van der Waals surface area contributed by atoms with E-state index in [0.29, 0.717) is 0 Å². The highest BCUT2D eigenvalue weighted by Crippen LogP contribution is 2.20. The van der Waals surface area contributed by atoms with Crippen molar-refractivity contribution in [2.45, 2.75) is 0 Å². The lowest BCUT2D eigenvalue weighted by Gasteiger charge is -2.05. The first-order valence-electron chi connectivity index (χ1n) is 4.91. The molecular formula is C11H6N2O6. The molecule has 0 amide bonds. The number of fused-ring (bicyclic) bond motifs is 1. The van der Waals surface area contributed by atoms with Crippen molar-refractivity contribution in [3.05, 3.63) is 35.2 Å². The van der Waals surface area contributed by atoms with E-state index >= 15 is 0 Å². The lowest BCUT2D eigenvalue weighted by atomic mass is 10.1. The number of aromatic nitrogens is 2. The molecule has 0 saturated carbocycles. The van der Waals surface area contributed by atoms with Gasteiger partial charge in [0.1, 0.15) is 11.1 Å². The summed E-state index contributed by atoms with van der Waals surface area (Å²) < 4.78 is 0. The van der Waals surface area contributed by atoms with E-state index in [-0.39, 0.29) is 16.7 Å². The van der Waals surface area contributed by atoms with Gasteiger partial charge in [-0.1, -0.05) is 0 Å². The highest BCUT2D eigenvalue weighted by Gasteiger charge is 2.21. The molecular weight excluding hydrogens is 256 g/mol. The summed E-state index contributed by atoms with van der Waals surface area (Å²) >= 11 is 0. The fourth-order valence-electron chi connectivity index (χ4n) is 1.58. The second-order valence-electron chi connectivity index (χ2n) is 3.53. The minimum Gasteiger partial charge on any atom is -0.478 e. The third-order valence-electron chi connectivity index (χ3n) is 2.38. The second-order valence-corrected chi connectivity index (χ2v) is 3.53. The van der Waals surface area contributed by atoms with Crippen molar-refractivity contribution in [1.82, 2.24) is 9.97 Å². The van der Waals surface area contributed by atoms with Crippen LogP contribution in [0.4, 0.5) is 0 Å². The van der Waals surface area contributed by atoms with Crippen LogP contribution >= 0.6 is 0 Å². The van der Waals surface area contributed by atoms with Gasteiger partial charge in [-0.25, -0.2) is 19.4 Å². The van der Waals surface area contributed by atoms with Gasteiger partial charge in [-0.3, -0.25) is 4.98 Å². The Balaban J connectivity index is 2.83. The van der Waals surface area contributed by atoms with Crippen LogP contribution in [-0.4, -0.2) is 43.2 Å². The smallest absolute Gasteiger partial charge is 0.356 e. The van der Waals surface area contributed by atoms with Crippen LogP contribution in [0.5, 0.6) is 0 Å². The monoisotopic (exact) mass is 262 g/mol. The maximum Gasteiger partial charge on any atom is 0.356 e. The number of nitrogens with zero attached hydrogens (tertiary/aromatic N) is 2. The van der Waals surface area contributed by atoms with E-state index in [2.05, 4.69) is 9.97 Å². The molecule has 1 heterocycles. The first-order chi connectivity index (χ1) is 8.91. The number of carbonyl (C=O) groups is 3. The molecule has 0 saturated heterocycles. The van der Waals surface area contributed by atoms with Crippen molar-refractivity contribution < 1.29 is 29.7 Å². The molecule has 0 spiro atoms. The molecule has 0 fully saturated rings. The summed E-state index contributed by atoms with van der Waals surface area (Å²) in [4.78, 5) is 40.2. The zero-order valence-corrected chi connectivity index (χ0v) is 9.19. The van der Waals surface area contributed by atoms with Crippen molar-refractivity contribution in [2.24, 2.45) is 0 Å². The minimum absolute atomic E-state index is 0.00213. The molecule has 0 atom stereocenters. The molecule has 19 heavy (non-hydrogen) atoms. The predicted octanol–water partition coefficient (Wildman–Crippen LogP) is 0.724. The van der Waals surface area contributed by atoms with E-state index in [1.165, 1.54) is 6.07 Å². The van der Waals surface area contributed by atoms with E-state index in [1.54, 1.807) is 0 Å². The van der Waals surface area contributed by atoms with Crippen LogP contribution in [-0.2, 0) is 0 Å². The molecule has 96 valence electrons. The zero-order valence-electron chi connectivity index (χ0n) is 9.19. The Morgan fingerprint density at radius 3 is 2.16 bits per heavy atom. The summed E-state index contributed by atoms with van der Waals surface area (Å²) in [5, 5.41) is 26.7. The summed E-state index contributed by atoms with van der Waals surface area (Å²) in [7, 11) is 0. The standard InChI is InChI=1S/C11H6N2O6/c14-9(15)4-1-2-5-8(7(4)11(18)19)12-3-6(13-5)10(16)17/h1-3H,(H,14,15)(H,16,17)(H,18,19). The zero-order chi connectivity index (χ0) is 14.2. The number of rotatable bonds is 3. The molecule has 1 aromatic heterocycles. The molecule has 2 rings (SSSR count). The fraction of sp³-hybridized carbons (Fsp3) is 0. The Labute approximate surface area is 105 Å². The highest BCUT2D eigenvalue weighted by atomic mass is 16.4. The third kappa shape index (κ3) is 2.06. The molecule has 0 aliphatic carbocycles. The van der Waals surface area contributed by atoms with Crippen LogP contribution in [0.1, 0.15) is 31.2 Å². The van der Waals surface area contributed by atoms with Crippen molar-refractivity contribution >= 4 is 28.9 Å². The summed E-state index contributed by atoms with van der Waals surface area (Å²) in [5.74, 6) is -4.20. The van der Waals surface area contributed by atoms with Gasteiger partial charge in [0.2, 0.25) is 0 Å². The van der Waals surface area contributed by atoms with Gasteiger partial charge in [0, 0.05) is 0 Å². The molecule has 0 bridgehead atoms. The van der Waals surface area contributed by atoms with Crippen LogP contribution in [0.3, 0.4) is 0 Å². The molecule has 8 heteroatoms. The van der Waals surface area contributed by atoms with Gasteiger partial charge in [-0.05, 0) is 12.1 Å². The Hall–Kier alpha value is -3.03. The summed E-state index contributed by atoms with van der Waals surface area (Å²) in [6.45, 7) is 0. The lowest BCUT2D eigenvalue weighted by molar-refractivity contribution is 0.0653. The highest BCUT2D eigenvalue weighted by molar-refractivity contribution is 6.10. The fourth-order valence-corrected chi connectivity index (χ4v) is 1.58.